The van der Waals surface area contributed by atoms with Gasteiger partial charge in [0.15, 0.2) is 0 Å². The number of benzene rings is 1. The van der Waals surface area contributed by atoms with Crippen molar-refractivity contribution in [3.8, 4) is 0 Å². The molecule has 0 unspecified atom stereocenters. The molecule has 1 aromatic carbocycles. The van der Waals surface area contributed by atoms with Gasteiger partial charge in [-0.05, 0) is 43.7 Å². The number of carbonyl (C=O) groups is 2. The maximum absolute atomic E-state index is 12.5. The molecular weight excluding hydrogens is 364 g/mol. The SMILES string of the molecule is CCc1ccc([C@H](C)NC(=O)CN2CCN(CC(=O)N3CCCCC3)CC2)cc1. The lowest BCUT2D eigenvalue weighted by Crippen LogP contribution is -2.52. The van der Waals surface area contributed by atoms with Gasteiger partial charge in [0, 0.05) is 39.3 Å². The van der Waals surface area contributed by atoms with Gasteiger partial charge in [-0.2, -0.15) is 0 Å². The smallest absolute Gasteiger partial charge is 0.236 e. The van der Waals surface area contributed by atoms with E-state index in [9.17, 15) is 9.59 Å². The Kier molecular flexibility index (Phi) is 8.07. The second-order valence-corrected chi connectivity index (χ2v) is 8.38. The number of likely N-dealkylation sites (tertiary alicyclic amines) is 1. The highest BCUT2D eigenvalue weighted by atomic mass is 16.2. The molecule has 6 nitrogen and oxygen atoms in total. The van der Waals surface area contributed by atoms with Crippen LogP contribution in [0.25, 0.3) is 0 Å². The molecule has 29 heavy (non-hydrogen) atoms. The zero-order valence-corrected chi connectivity index (χ0v) is 18.0. The third-order valence-electron chi connectivity index (χ3n) is 6.17. The van der Waals surface area contributed by atoms with E-state index in [-0.39, 0.29) is 17.9 Å². The van der Waals surface area contributed by atoms with Crippen LogP contribution >= 0.6 is 0 Å². The summed E-state index contributed by atoms with van der Waals surface area (Å²) < 4.78 is 0. The van der Waals surface area contributed by atoms with Crippen LogP contribution in [0.4, 0.5) is 0 Å². The molecule has 1 aromatic rings. The van der Waals surface area contributed by atoms with Crippen molar-refractivity contribution in [3.63, 3.8) is 0 Å². The number of piperazine rings is 1. The Morgan fingerprint density at radius 2 is 1.48 bits per heavy atom. The van der Waals surface area contributed by atoms with E-state index in [4.69, 9.17) is 0 Å². The quantitative estimate of drug-likeness (QED) is 0.761. The molecule has 2 aliphatic rings. The number of amides is 2. The minimum absolute atomic E-state index is 0.0110. The van der Waals surface area contributed by atoms with Crippen molar-refractivity contribution in [1.82, 2.24) is 20.0 Å². The van der Waals surface area contributed by atoms with Gasteiger partial charge < -0.3 is 10.2 Å². The fraction of sp³-hybridized carbons (Fsp3) is 0.652. The molecule has 6 heteroatoms. The molecule has 0 aromatic heterocycles. The summed E-state index contributed by atoms with van der Waals surface area (Å²) in [7, 11) is 0. The van der Waals surface area contributed by atoms with Crippen LogP contribution in [0, 0.1) is 0 Å². The van der Waals surface area contributed by atoms with Crippen molar-refractivity contribution in [2.75, 3.05) is 52.4 Å². The Bertz CT molecular complexity index is 662. The maximum atomic E-state index is 12.5. The van der Waals surface area contributed by atoms with Gasteiger partial charge in [-0.15, -0.1) is 0 Å². The van der Waals surface area contributed by atoms with Crippen molar-refractivity contribution in [1.29, 1.82) is 0 Å². The molecule has 0 bridgehead atoms. The first-order valence-corrected chi connectivity index (χ1v) is 11.2. The maximum Gasteiger partial charge on any atom is 0.236 e. The first-order chi connectivity index (χ1) is 14.0. The van der Waals surface area contributed by atoms with Crippen LogP contribution in [0.1, 0.15) is 50.3 Å². The summed E-state index contributed by atoms with van der Waals surface area (Å²) in [5.74, 6) is 0.328. The van der Waals surface area contributed by atoms with Crippen molar-refractivity contribution in [3.05, 3.63) is 35.4 Å². The van der Waals surface area contributed by atoms with Gasteiger partial charge in [-0.1, -0.05) is 31.2 Å². The van der Waals surface area contributed by atoms with Crippen LogP contribution in [0.15, 0.2) is 24.3 Å². The second-order valence-electron chi connectivity index (χ2n) is 8.38. The molecule has 2 saturated heterocycles. The van der Waals surface area contributed by atoms with Crippen LogP contribution < -0.4 is 5.32 Å². The lowest BCUT2D eigenvalue weighted by atomic mass is 10.1. The Hall–Kier alpha value is -1.92. The molecular formula is C23H36N4O2. The van der Waals surface area contributed by atoms with Gasteiger partial charge in [0.1, 0.15) is 0 Å². The number of nitrogens with zero attached hydrogens (tertiary/aromatic N) is 3. The van der Waals surface area contributed by atoms with Crippen LogP contribution in [-0.2, 0) is 16.0 Å². The Morgan fingerprint density at radius 3 is 2.07 bits per heavy atom. The van der Waals surface area contributed by atoms with Gasteiger partial charge in [0.25, 0.3) is 0 Å². The molecule has 0 spiro atoms. The van der Waals surface area contributed by atoms with Crippen molar-refractivity contribution in [2.24, 2.45) is 0 Å². The zero-order valence-electron chi connectivity index (χ0n) is 18.0. The number of rotatable bonds is 7. The normalized spacial score (nSPS) is 19.7. The summed E-state index contributed by atoms with van der Waals surface area (Å²) in [5.41, 5.74) is 2.44. The third kappa shape index (κ3) is 6.54. The highest BCUT2D eigenvalue weighted by Crippen LogP contribution is 2.14. The van der Waals surface area contributed by atoms with Gasteiger partial charge in [-0.25, -0.2) is 0 Å². The summed E-state index contributed by atoms with van der Waals surface area (Å²) in [5, 5.41) is 3.11. The molecule has 2 aliphatic heterocycles. The van der Waals surface area contributed by atoms with Crippen LogP contribution in [0.5, 0.6) is 0 Å². The summed E-state index contributed by atoms with van der Waals surface area (Å²) in [6.07, 6.45) is 4.54. The average Bonchev–Trinajstić information content (AvgIpc) is 2.75. The molecule has 160 valence electrons. The molecule has 2 fully saturated rings. The lowest BCUT2D eigenvalue weighted by Gasteiger charge is -2.35. The van der Waals surface area contributed by atoms with Gasteiger partial charge in [0.05, 0.1) is 19.1 Å². The topological polar surface area (TPSA) is 55.9 Å². The van der Waals surface area contributed by atoms with E-state index in [1.165, 1.54) is 12.0 Å². The van der Waals surface area contributed by atoms with Crippen LogP contribution in [0.3, 0.4) is 0 Å². The van der Waals surface area contributed by atoms with E-state index in [1.807, 2.05) is 11.8 Å². The third-order valence-corrected chi connectivity index (χ3v) is 6.17. The van der Waals surface area contributed by atoms with E-state index in [1.54, 1.807) is 0 Å². The number of carbonyl (C=O) groups excluding carboxylic acids is 2. The highest BCUT2D eigenvalue weighted by Gasteiger charge is 2.24. The number of hydrogen-bond donors (Lipinski definition) is 1. The zero-order chi connectivity index (χ0) is 20.6. The summed E-state index contributed by atoms with van der Waals surface area (Å²) in [6, 6.07) is 8.46. The first kappa shape index (κ1) is 21.8. The molecule has 1 atom stereocenters. The minimum Gasteiger partial charge on any atom is -0.348 e. The monoisotopic (exact) mass is 400 g/mol. The van der Waals surface area contributed by atoms with E-state index in [0.29, 0.717) is 13.1 Å². The first-order valence-electron chi connectivity index (χ1n) is 11.2. The predicted molar refractivity (Wildman–Crippen MR) is 116 cm³/mol. The Balaban J connectivity index is 1.37. The van der Waals surface area contributed by atoms with Gasteiger partial charge in [0.2, 0.25) is 11.8 Å². The van der Waals surface area contributed by atoms with E-state index < -0.39 is 0 Å². The standard InChI is InChI=1S/C23H36N4O2/c1-3-20-7-9-21(10-8-20)19(2)24-22(28)17-25-13-15-26(16-14-25)18-23(29)27-11-5-4-6-12-27/h7-10,19H,3-6,11-18H2,1-2H3,(H,24,28)/t19-/m0/s1. The van der Waals surface area contributed by atoms with Crippen molar-refractivity contribution < 1.29 is 9.59 Å². The van der Waals surface area contributed by atoms with Gasteiger partial charge >= 0.3 is 0 Å². The molecule has 0 saturated carbocycles. The van der Waals surface area contributed by atoms with Crippen LogP contribution in [0.2, 0.25) is 0 Å². The fourth-order valence-electron chi connectivity index (χ4n) is 4.16. The number of aryl methyl sites for hydroxylation is 1. The number of nitrogens with one attached hydrogen (secondary N) is 1. The summed E-state index contributed by atoms with van der Waals surface area (Å²) >= 11 is 0. The molecule has 2 amide bonds. The van der Waals surface area contributed by atoms with Crippen LogP contribution in [-0.4, -0.2) is 78.9 Å². The van der Waals surface area contributed by atoms with Crippen molar-refractivity contribution >= 4 is 11.8 Å². The largest absolute Gasteiger partial charge is 0.348 e. The molecule has 3 rings (SSSR count). The number of hydrogen-bond acceptors (Lipinski definition) is 4. The fourth-order valence-corrected chi connectivity index (χ4v) is 4.16. The van der Waals surface area contributed by atoms with Crippen molar-refractivity contribution in [2.45, 2.75) is 45.6 Å². The summed E-state index contributed by atoms with van der Waals surface area (Å²) in [4.78, 5) is 31.3. The molecule has 2 heterocycles. The van der Waals surface area contributed by atoms with E-state index in [0.717, 1.165) is 64.1 Å². The second kappa shape index (κ2) is 10.7. The predicted octanol–water partition coefficient (Wildman–Crippen LogP) is 2.06. The molecule has 1 N–H and O–H groups in total. The molecule has 0 radical (unpaired) electrons. The Labute approximate surface area is 175 Å². The average molecular weight is 401 g/mol. The lowest BCUT2D eigenvalue weighted by molar-refractivity contribution is -0.134. The van der Waals surface area contributed by atoms with Gasteiger partial charge in [-0.3, -0.25) is 19.4 Å². The highest BCUT2D eigenvalue weighted by molar-refractivity contribution is 5.79. The number of piperidine rings is 1. The minimum atomic E-state index is 0.0110. The summed E-state index contributed by atoms with van der Waals surface area (Å²) in [6.45, 7) is 10.3. The van der Waals surface area contributed by atoms with E-state index >= 15 is 0 Å². The Morgan fingerprint density at radius 1 is 0.897 bits per heavy atom. The molecule has 0 aliphatic carbocycles. The van der Waals surface area contributed by atoms with E-state index in [2.05, 4.69) is 46.3 Å².